The van der Waals surface area contributed by atoms with Crippen molar-refractivity contribution in [2.75, 3.05) is 30.9 Å². The molecule has 0 atom stereocenters. The number of carbonyl (C=O) groups excluding carboxylic acids is 1. The van der Waals surface area contributed by atoms with Crippen molar-refractivity contribution in [2.24, 2.45) is 0 Å². The van der Waals surface area contributed by atoms with Crippen molar-refractivity contribution in [1.29, 1.82) is 0 Å². The van der Waals surface area contributed by atoms with Crippen molar-refractivity contribution in [1.82, 2.24) is 15.3 Å². The van der Waals surface area contributed by atoms with Gasteiger partial charge in [0.05, 0.1) is 0 Å². The molecule has 6 nitrogen and oxygen atoms in total. The maximum absolute atomic E-state index is 12.6. The molecule has 0 bridgehead atoms. The van der Waals surface area contributed by atoms with Crippen LogP contribution in [0.1, 0.15) is 15.9 Å². The van der Waals surface area contributed by atoms with E-state index in [-0.39, 0.29) is 5.91 Å². The Bertz CT molecular complexity index is 1150. The molecule has 4 aromatic rings. The number of hydrogen-bond donors (Lipinski definition) is 3. The van der Waals surface area contributed by atoms with Crippen LogP contribution < -0.4 is 15.5 Å². The molecule has 0 saturated heterocycles. The summed E-state index contributed by atoms with van der Waals surface area (Å²) in [6.07, 6.45) is 4.42. The molecule has 0 aliphatic carbocycles. The standard InChI is InChI=1S/C24H25N5O/c1-29(2)20-9-7-19(8-10-20)28-23-15-17(11-13-25-23)24(30)26-14-12-18-16-27-22-6-4-3-5-21(18)22/h3-11,13,15-16,27H,12,14H2,1-2H3,(H,25,28)(H,26,30). The number of fused-ring (bicyclic) bond motifs is 1. The summed E-state index contributed by atoms with van der Waals surface area (Å²) in [5.74, 6) is 0.528. The molecule has 0 saturated carbocycles. The Morgan fingerprint density at radius 1 is 1.07 bits per heavy atom. The second-order valence-corrected chi connectivity index (χ2v) is 7.36. The molecule has 0 radical (unpaired) electrons. The Hall–Kier alpha value is -3.80. The van der Waals surface area contributed by atoms with E-state index in [1.54, 1.807) is 18.3 Å². The molecule has 0 spiro atoms. The number of pyridine rings is 1. The van der Waals surface area contributed by atoms with Crippen molar-refractivity contribution in [2.45, 2.75) is 6.42 Å². The van der Waals surface area contributed by atoms with E-state index in [9.17, 15) is 4.79 Å². The molecule has 152 valence electrons. The first-order valence-corrected chi connectivity index (χ1v) is 9.94. The van der Waals surface area contributed by atoms with Gasteiger partial charge < -0.3 is 20.5 Å². The van der Waals surface area contributed by atoms with Crippen molar-refractivity contribution in [3.8, 4) is 0 Å². The average Bonchev–Trinajstić information content (AvgIpc) is 3.17. The number of anilines is 3. The normalized spacial score (nSPS) is 10.7. The van der Waals surface area contributed by atoms with E-state index in [0.29, 0.717) is 17.9 Å². The third-order valence-electron chi connectivity index (χ3n) is 5.03. The van der Waals surface area contributed by atoms with E-state index in [1.165, 1.54) is 10.9 Å². The largest absolute Gasteiger partial charge is 0.378 e. The minimum Gasteiger partial charge on any atom is -0.378 e. The molecule has 2 aromatic heterocycles. The first kappa shape index (κ1) is 19.5. The third kappa shape index (κ3) is 4.43. The Balaban J connectivity index is 1.36. The summed E-state index contributed by atoms with van der Waals surface area (Å²) in [4.78, 5) is 22.2. The minimum atomic E-state index is -0.108. The number of rotatable bonds is 7. The highest BCUT2D eigenvalue weighted by molar-refractivity contribution is 5.95. The van der Waals surface area contributed by atoms with E-state index >= 15 is 0 Å². The molecular weight excluding hydrogens is 374 g/mol. The van der Waals surface area contributed by atoms with Crippen LogP contribution in [0.2, 0.25) is 0 Å². The van der Waals surface area contributed by atoms with Crippen LogP contribution in [0, 0.1) is 0 Å². The van der Waals surface area contributed by atoms with Crippen molar-refractivity contribution in [3.05, 3.63) is 84.2 Å². The number of amides is 1. The van der Waals surface area contributed by atoms with Gasteiger partial charge in [0.1, 0.15) is 5.82 Å². The maximum atomic E-state index is 12.6. The number of aromatic amines is 1. The predicted octanol–water partition coefficient (Wildman–Crippen LogP) is 4.35. The van der Waals surface area contributed by atoms with Crippen LogP contribution >= 0.6 is 0 Å². The van der Waals surface area contributed by atoms with E-state index in [2.05, 4.69) is 32.7 Å². The fourth-order valence-electron chi connectivity index (χ4n) is 3.38. The molecule has 6 heteroatoms. The smallest absolute Gasteiger partial charge is 0.251 e. The van der Waals surface area contributed by atoms with Gasteiger partial charge in [-0.15, -0.1) is 0 Å². The zero-order valence-corrected chi connectivity index (χ0v) is 17.1. The van der Waals surface area contributed by atoms with Gasteiger partial charge in [0.2, 0.25) is 0 Å². The quantitative estimate of drug-likeness (QED) is 0.432. The molecule has 4 rings (SSSR count). The zero-order chi connectivity index (χ0) is 20.9. The molecular formula is C24H25N5O. The Morgan fingerprint density at radius 2 is 1.87 bits per heavy atom. The van der Waals surface area contributed by atoms with E-state index in [0.717, 1.165) is 23.3 Å². The van der Waals surface area contributed by atoms with Crippen LogP contribution in [0.25, 0.3) is 10.9 Å². The Kier molecular flexibility index (Phi) is 5.66. The second kappa shape index (κ2) is 8.69. The fraction of sp³-hybridized carbons (Fsp3) is 0.167. The summed E-state index contributed by atoms with van der Waals surface area (Å²) in [7, 11) is 4.01. The lowest BCUT2D eigenvalue weighted by Crippen LogP contribution is -2.25. The molecule has 30 heavy (non-hydrogen) atoms. The molecule has 3 N–H and O–H groups in total. The molecule has 0 aliphatic rings. The Labute approximate surface area is 176 Å². The monoisotopic (exact) mass is 399 g/mol. The van der Waals surface area contributed by atoms with Gasteiger partial charge in [0, 0.05) is 60.9 Å². The topological polar surface area (TPSA) is 73.1 Å². The van der Waals surface area contributed by atoms with Crippen molar-refractivity contribution >= 4 is 34.0 Å². The SMILES string of the molecule is CN(C)c1ccc(Nc2cc(C(=O)NCCc3c[nH]c4ccccc34)ccn2)cc1. The lowest BCUT2D eigenvalue weighted by Gasteiger charge is -2.13. The van der Waals surface area contributed by atoms with Crippen LogP contribution in [0.3, 0.4) is 0 Å². The van der Waals surface area contributed by atoms with Gasteiger partial charge in [-0.2, -0.15) is 0 Å². The summed E-state index contributed by atoms with van der Waals surface area (Å²) in [5, 5.41) is 7.45. The van der Waals surface area contributed by atoms with Gasteiger partial charge in [0.15, 0.2) is 0 Å². The molecule has 1 amide bonds. The van der Waals surface area contributed by atoms with Gasteiger partial charge in [-0.05, 0) is 54.4 Å². The van der Waals surface area contributed by atoms with Crippen molar-refractivity contribution in [3.63, 3.8) is 0 Å². The summed E-state index contributed by atoms with van der Waals surface area (Å²) in [6.45, 7) is 0.567. The number of para-hydroxylation sites is 1. The second-order valence-electron chi connectivity index (χ2n) is 7.36. The molecule has 0 aliphatic heterocycles. The molecule has 0 fully saturated rings. The lowest BCUT2D eigenvalue weighted by atomic mass is 10.1. The van der Waals surface area contributed by atoms with Crippen LogP contribution in [0.4, 0.5) is 17.2 Å². The van der Waals surface area contributed by atoms with Crippen LogP contribution in [-0.2, 0) is 6.42 Å². The lowest BCUT2D eigenvalue weighted by molar-refractivity contribution is 0.0954. The average molecular weight is 399 g/mol. The molecule has 2 heterocycles. The highest BCUT2D eigenvalue weighted by Gasteiger charge is 2.08. The number of carbonyl (C=O) groups is 1. The fourth-order valence-corrected chi connectivity index (χ4v) is 3.38. The summed E-state index contributed by atoms with van der Waals surface area (Å²) < 4.78 is 0. The number of H-pyrrole nitrogens is 1. The first-order chi connectivity index (χ1) is 14.6. The van der Waals surface area contributed by atoms with Gasteiger partial charge >= 0.3 is 0 Å². The van der Waals surface area contributed by atoms with Gasteiger partial charge in [0.25, 0.3) is 5.91 Å². The number of nitrogens with one attached hydrogen (secondary N) is 3. The first-order valence-electron chi connectivity index (χ1n) is 9.94. The predicted molar refractivity (Wildman–Crippen MR) is 123 cm³/mol. The van der Waals surface area contributed by atoms with Crippen molar-refractivity contribution < 1.29 is 4.79 Å². The minimum absolute atomic E-state index is 0.108. The summed E-state index contributed by atoms with van der Waals surface area (Å²) in [6, 6.07) is 19.7. The molecule has 2 aromatic carbocycles. The summed E-state index contributed by atoms with van der Waals surface area (Å²) >= 11 is 0. The third-order valence-corrected chi connectivity index (χ3v) is 5.03. The number of benzene rings is 2. The molecule has 0 unspecified atom stereocenters. The van der Waals surface area contributed by atoms with E-state index < -0.39 is 0 Å². The number of hydrogen-bond acceptors (Lipinski definition) is 4. The van der Waals surface area contributed by atoms with Crippen LogP contribution in [0.15, 0.2) is 73.1 Å². The Morgan fingerprint density at radius 3 is 2.67 bits per heavy atom. The van der Waals surface area contributed by atoms with E-state index in [4.69, 9.17) is 0 Å². The zero-order valence-electron chi connectivity index (χ0n) is 17.1. The van der Waals surface area contributed by atoms with Gasteiger partial charge in [-0.3, -0.25) is 4.79 Å². The summed E-state index contributed by atoms with van der Waals surface area (Å²) in [5.41, 5.74) is 4.93. The maximum Gasteiger partial charge on any atom is 0.251 e. The number of nitrogens with zero attached hydrogens (tertiary/aromatic N) is 2. The van der Waals surface area contributed by atoms with Crippen LogP contribution in [0.5, 0.6) is 0 Å². The highest BCUT2D eigenvalue weighted by atomic mass is 16.1. The van der Waals surface area contributed by atoms with Gasteiger partial charge in [-0.1, -0.05) is 18.2 Å². The van der Waals surface area contributed by atoms with Crippen LogP contribution in [-0.4, -0.2) is 36.5 Å². The number of aromatic nitrogens is 2. The van der Waals surface area contributed by atoms with E-state index in [1.807, 2.05) is 61.6 Å². The highest BCUT2D eigenvalue weighted by Crippen LogP contribution is 2.20. The van der Waals surface area contributed by atoms with Gasteiger partial charge in [-0.25, -0.2) is 4.98 Å².